The van der Waals surface area contributed by atoms with E-state index in [2.05, 4.69) is 0 Å². The third kappa shape index (κ3) is 2.82. The first-order valence-electron chi connectivity index (χ1n) is 4.57. The molecule has 0 N–H and O–H groups in total. The maximum atomic E-state index is 10.7. The molecule has 1 aliphatic rings. The van der Waals surface area contributed by atoms with Gasteiger partial charge in [-0.05, 0) is 14.1 Å². The van der Waals surface area contributed by atoms with Crippen LogP contribution in [0.1, 0.15) is 6.92 Å². The van der Waals surface area contributed by atoms with Crippen molar-refractivity contribution in [2.24, 2.45) is 0 Å². The Morgan fingerprint density at radius 2 is 2.00 bits per heavy atom. The molecule has 0 atom stereocenters. The zero-order valence-electron chi connectivity index (χ0n) is 9.11. The second-order valence-corrected chi connectivity index (χ2v) is 3.73. The van der Waals surface area contributed by atoms with Crippen molar-refractivity contribution in [3.8, 4) is 0 Å². The quantitative estimate of drug-likeness (QED) is 0.621. The van der Waals surface area contributed by atoms with Crippen molar-refractivity contribution in [1.29, 1.82) is 0 Å². The molecule has 0 amide bonds. The lowest BCUT2D eigenvalue weighted by Crippen LogP contribution is -2.58. The van der Waals surface area contributed by atoms with Gasteiger partial charge >= 0.3 is 12.1 Å². The molecule has 0 saturated carbocycles. The Balaban J connectivity index is 2.62. The minimum atomic E-state index is -0.685. The van der Waals surface area contributed by atoms with Crippen LogP contribution in [0, 0.1) is 0 Å². The van der Waals surface area contributed by atoms with Crippen LogP contribution >= 0.6 is 0 Å². The normalized spacial score (nSPS) is 19.3. The molecule has 1 rings (SSSR count). The summed E-state index contributed by atoms with van der Waals surface area (Å²) < 4.78 is 14.5. The lowest BCUT2D eigenvalue weighted by atomic mass is 10.0. The molecule has 15 heavy (non-hydrogen) atoms. The summed E-state index contributed by atoms with van der Waals surface area (Å²) in [7, 11) is 3.62. The Morgan fingerprint density at radius 1 is 1.47 bits per heavy atom. The minimum Gasteiger partial charge on any atom is -0.464 e. The number of rotatable bonds is 3. The number of carbonyl (C=O) groups excluding carboxylic acids is 2. The molecule has 0 unspecified atom stereocenters. The molecule has 1 heterocycles. The minimum absolute atomic E-state index is 0.141. The van der Waals surface area contributed by atoms with Crippen LogP contribution in [-0.2, 0) is 19.0 Å². The number of carbonyl (C=O) groups is 2. The van der Waals surface area contributed by atoms with Crippen LogP contribution in [0.25, 0.3) is 0 Å². The van der Waals surface area contributed by atoms with Gasteiger partial charge < -0.3 is 14.2 Å². The highest BCUT2D eigenvalue weighted by atomic mass is 16.7. The Kier molecular flexibility index (Phi) is 3.52. The van der Waals surface area contributed by atoms with Crippen molar-refractivity contribution in [2.75, 3.05) is 33.9 Å². The second-order valence-electron chi connectivity index (χ2n) is 3.73. The fourth-order valence-electron chi connectivity index (χ4n) is 1.18. The summed E-state index contributed by atoms with van der Waals surface area (Å²) in [5.41, 5.74) is -0.584. The largest absolute Gasteiger partial charge is 0.508 e. The van der Waals surface area contributed by atoms with E-state index >= 15 is 0 Å². The summed E-state index contributed by atoms with van der Waals surface area (Å²) in [6.07, 6.45) is -0.685. The Morgan fingerprint density at radius 3 is 2.40 bits per heavy atom. The first kappa shape index (κ1) is 11.8. The summed E-state index contributed by atoms with van der Waals surface area (Å²) in [6.45, 7) is 1.79. The van der Waals surface area contributed by atoms with Crippen LogP contribution in [0.4, 0.5) is 4.79 Å². The molecule has 86 valence electrons. The van der Waals surface area contributed by atoms with Crippen molar-refractivity contribution in [3.05, 3.63) is 0 Å². The van der Waals surface area contributed by atoms with Gasteiger partial charge in [-0.3, -0.25) is 9.69 Å². The lowest BCUT2D eigenvalue weighted by Gasteiger charge is -2.40. The van der Waals surface area contributed by atoms with E-state index < -0.39 is 11.7 Å². The van der Waals surface area contributed by atoms with Crippen molar-refractivity contribution < 1.29 is 23.8 Å². The van der Waals surface area contributed by atoms with Crippen molar-refractivity contribution in [3.63, 3.8) is 0 Å². The van der Waals surface area contributed by atoms with Gasteiger partial charge in [0.2, 0.25) is 0 Å². The monoisotopic (exact) mass is 217 g/mol. The van der Waals surface area contributed by atoms with Crippen molar-refractivity contribution in [1.82, 2.24) is 4.90 Å². The molecule has 0 aromatic rings. The average molecular weight is 217 g/mol. The van der Waals surface area contributed by atoms with Gasteiger partial charge in [-0.2, -0.15) is 0 Å². The SMILES string of the molecule is CC(=O)OCC1(N(C)C)COC(=O)OC1. The summed E-state index contributed by atoms with van der Waals surface area (Å²) in [4.78, 5) is 23.3. The molecule has 0 aromatic heterocycles. The average Bonchev–Trinajstić information content (AvgIpc) is 2.17. The van der Waals surface area contributed by atoms with Crippen molar-refractivity contribution in [2.45, 2.75) is 12.5 Å². The highest BCUT2D eigenvalue weighted by molar-refractivity contribution is 5.66. The summed E-state index contributed by atoms with van der Waals surface area (Å²) >= 11 is 0. The Bertz CT molecular complexity index is 253. The smallest absolute Gasteiger partial charge is 0.464 e. The first-order valence-corrected chi connectivity index (χ1v) is 4.57. The first-order chi connectivity index (χ1) is 6.96. The number of cyclic esters (lactones) is 2. The number of nitrogens with zero attached hydrogens (tertiary/aromatic N) is 1. The fourth-order valence-corrected chi connectivity index (χ4v) is 1.18. The van der Waals surface area contributed by atoms with E-state index in [9.17, 15) is 9.59 Å². The highest BCUT2D eigenvalue weighted by Crippen LogP contribution is 2.19. The van der Waals surface area contributed by atoms with Crippen LogP contribution in [0.3, 0.4) is 0 Å². The third-order valence-corrected chi connectivity index (χ3v) is 2.41. The van der Waals surface area contributed by atoms with E-state index in [1.54, 1.807) is 0 Å². The predicted molar refractivity (Wildman–Crippen MR) is 50.4 cm³/mol. The number of likely N-dealkylation sites (N-methyl/N-ethyl adjacent to an activating group) is 1. The second kappa shape index (κ2) is 4.48. The summed E-state index contributed by atoms with van der Waals surface area (Å²) in [5.74, 6) is -0.367. The van der Waals surface area contributed by atoms with Crippen LogP contribution in [0.15, 0.2) is 0 Å². The zero-order chi connectivity index (χ0) is 11.5. The number of ether oxygens (including phenoxy) is 3. The van der Waals surface area contributed by atoms with Crippen LogP contribution in [0.5, 0.6) is 0 Å². The Labute approximate surface area is 88.1 Å². The van der Waals surface area contributed by atoms with Gasteiger partial charge in [0.1, 0.15) is 25.4 Å². The molecular formula is C9H15NO5. The standard InChI is InChI=1S/C9H15NO5/c1-7(11)13-4-9(10(2)3)5-14-8(12)15-6-9/h4-6H2,1-3H3. The molecule has 1 saturated heterocycles. The predicted octanol–water partition coefficient (Wildman–Crippen LogP) is 0.0167. The van der Waals surface area contributed by atoms with Gasteiger partial charge in [-0.15, -0.1) is 0 Å². The molecule has 0 spiro atoms. The van der Waals surface area contributed by atoms with E-state index in [0.29, 0.717) is 0 Å². The number of hydrogen-bond acceptors (Lipinski definition) is 6. The van der Waals surface area contributed by atoms with E-state index in [1.807, 2.05) is 19.0 Å². The molecule has 6 nitrogen and oxygen atoms in total. The van der Waals surface area contributed by atoms with E-state index in [0.717, 1.165) is 0 Å². The van der Waals surface area contributed by atoms with Crippen LogP contribution in [0.2, 0.25) is 0 Å². The van der Waals surface area contributed by atoms with Gasteiger partial charge in [0.25, 0.3) is 0 Å². The van der Waals surface area contributed by atoms with Gasteiger partial charge in [0.05, 0.1) is 0 Å². The third-order valence-electron chi connectivity index (χ3n) is 2.41. The van der Waals surface area contributed by atoms with E-state index in [-0.39, 0.29) is 25.8 Å². The maximum Gasteiger partial charge on any atom is 0.508 e. The fraction of sp³-hybridized carbons (Fsp3) is 0.778. The van der Waals surface area contributed by atoms with E-state index in [1.165, 1.54) is 6.92 Å². The molecule has 0 radical (unpaired) electrons. The molecule has 6 heteroatoms. The zero-order valence-corrected chi connectivity index (χ0v) is 9.11. The molecule has 1 aliphatic heterocycles. The lowest BCUT2D eigenvalue weighted by molar-refractivity contribution is -0.151. The number of hydrogen-bond donors (Lipinski definition) is 0. The number of esters is 1. The van der Waals surface area contributed by atoms with Crippen LogP contribution in [-0.4, -0.2) is 56.5 Å². The van der Waals surface area contributed by atoms with Gasteiger partial charge in [-0.25, -0.2) is 4.79 Å². The van der Waals surface area contributed by atoms with Gasteiger partial charge in [0.15, 0.2) is 0 Å². The molecule has 0 aromatic carbocycles. The highest BCUT2D eigenvalue weighted by Gasteiger charge is 2.41. The molecule has 0 bridgehead atoms. The topological polar surface area (TPSA) is 65.1 Å². The van der Waals surface area contributed by atoms with E-state index in [4.69, 9.17) is 14.2 Å². The molecule has 0 aliphatic carbocycles. The molecule has 1 fully saturated rings. The van der Waals surface area contributed by atoms with Crippen molar-refractivity contribution >= 4 is 12.1 Å². The Hall–Kier alpha value is -1.30. The summed E-state index contributed by atoms with van der Waals surface area (Å²) in [5, 5.41) is 0. The summed E-state index contributed by atoms with van der Waals surface area (Å²) in [6, 6.07) is 0. The van der Waals surface area contributed by atoms with Gasteiger partial charge in [0, 0.05) is 6.92 Å². The maximum absolute atomic E-state index is 10.7. The van der Waals surface area contributed by atoms with Gasteiger partial charge in [-0.1, -0.05) is 0 Å². The van der Waals surface area contributed by atoms with Crippen LogP contribution < -0.4 is 0 Å². The molecular weight excluding hydrogens is 202 g/mol.